The number of H-pyrrole nitrogens is 1. The van der Waals surface area contributed by atoms with E-state index in [2.05, 4.69) is 18.8 Å². The first-order chi connectivity index (χ1) is 6.50. The molecule has 0 unspecified atom stereocenters. The van der Waals surface area contributed by atoms with Crippen molar-refractivity contribution in [2.24, 2.45) is 5.92 Å². The lowest BCUT2D eigenvalue weighted by Gasteiger charge is -2.03. The lowest BCUT2D eigenvalue weighted by Crippen LogP contribution is -2.17. The van der Waals surface area contributed by atoms with Gasteiger partial charge in [0.25, 0.3) is 0 Å². The van der Waals surface area contributed by atoms with E-state index in [0.717, 1.165) is 18.5 Å². The summed E-state index contributed by atoms with van der Waals surface area (Å²) in [5.74, 6) is 0.681. The Hall–Kier alpha value is -0.990. The Balaban J connectivity index is 2.71. The zero-order valence-electron chi connectivity index (χ0n) is 9.50. The second-order valence-electron chi connectivity index (χ2n) is 4.52. The number of nitrogens with one attached hydrogen (secondary N) is 1. The van der Waals surface area contributed by atoms with E-state index in [1.807, 2.05) is 20.0 Å². The molecule has 0 saturated carbocycles. The Labute approximate surface area is 85.2 Å². The zero-order chi connectivity index (χ0) is 10.7. The lowest BCUT2D eigenvalue weighted by molar-refractivity contribution is 0.575. The van der Waals surface area contributed by atoms with Crippen molar-refractivity contribution in [3.63, 3.8) is 0 Å². The molecule has 1 aromatic heterocycles. The van der Waals surface area contributed by atoms with Gasteiger partial charge in [-0.25, -0.2) is 4.79 Å². The number of rotatable bonds is 4. The summed E-state index contributed by atoms with van der Waals surface area (Å²) in [6.45, 7) is 8.41. The Bertz CT molecular complexity index is 333. The molecule has 1 N–H and O–H groups in total. The van der Waals surface area contributed by atoms with Gasteiger partial charge in [-0.05, 0) is 32.6 Å². The molecule has 1 heterocycles. The van der Waals surface area contributed by atoms with Gasteiger partial charge in [0, 0.05) is 17.9 Å². The summed E-state index contributed by atoms with van der Waals surface area (Å²) < 4.78 is 1.75. The highest BCUT2D eigenvalue weighted by atomic mass is 16.1. The summed E-state index contributed by atoms with van der Waals surface area (Å²) in [5, 5.41) is 0. The number of aromatic nitrogens is 2. The summed E-state index contributed by atoms with van der Waals surface area (Å²) in [7, 11) is 0. The Morgan fingerprint density at radius 1 is 1.36 bits per heavy atom. The summed E-state index contributed by atoms with van der Waals surface area (Å²) in [6.07, 6.45) is 4.03. The van der Waals surface area contributed by atoms with Crippen LogP contribution in [0.25, 0.3) is 0 Å². The fraction of sp³-hybridized carbons (Fsp3) is 0.727. The van der Waals surface area contributed by atoms with E-state index >= 15 is 0 Å². The average molecular weight is 196 g/mol. The standard InChI is InChI=1S/C11H20N2O/c1-8(2)5-6-10-7-13(9(3)4)11(14)12-10/h7-9H,5-6H2,1-4H3,(H,12,14). The molecule has 3 nitrogen and oxygen atoms in total. The van der Waals surface area contributed by atoms with Crippen LogP contribution in [-0.2, 0) is 6.42 Å². The summed E-state index contributed by atoms with van der Waals surface area (Å²) in [5.41, 5.74) is 1.07. The van der Waals surface area contributed by atoms with Crippen LogP contribution in [0.5, 0.6) is 0 Å². The van der Waals surface area contributed by atoms with E-state index in [4.69, 9.17) is 0 Å². The number of nitrogens with zero attached hydrogens (tertiary/aromatic N) is 1. The maximum Gasteiger partial charge on any atom is 0.325 e. The highest BCUT2D eigenvalue weighted by Crippen LogP contribution is 2.07. The molecule has 0 radical (unpaired) electrons. The van der Waals surface area contributed by atoms with Crippen molar-refractivity contribution in [2.45, 2.75) is 46.6 Å². The highest BCUT2D eigenvalue weighted by molar-refractivity contribution is 4.98. The van der Waals surface area contributed by atoms with Crippen LogP contribution in [0.15, 0.2) is 11.0 Å². The number of aryl methyl sites for hydroxylation is 1. The predicted octanol–water partition coefficient (Wildman–Crippen LogP) is 2.35. The molecule has 3 heteroatoms. The molecule has 1 aromatic rings. The van der Waals surface area contributed by atoms with Gasteiger partial charge in [0.05, 0.1) is 0 Å². The van der Waals surface area contributed by atoms with Gasteiger partial charge in [-0.1, -0.05) is 13.8 Å². The Kier molecular flexibility index (Phi) is 3.55. The molecule has 0 spiro atoms. The van der Waals surface area contributed by atoms with Crippen molar-refractivity contribution in [1.82, 2.24) is 9.55 Å². The summed E-state index contributed by atoms with van der Waals surface area (Å²) >= 11 is 0. The van der Waals surface area contributed by atoms with Crippen molar-refractivity contribution >= 4 is 0 Å². The molecular formula is C11H20N2O. The van der Waals surface area contributed by atoms with Gasteiger partial charge in [0.1, 0.15) is 0 Å². The highest BCUT2D eigenvalue weighted by Gasteiger charge is 2.05. The van der Waals surface area contributed by atoms with E-state index in [0.29, 0.717) is 5.92 Å². The zero-order valence-corrected chi connectivity index (χ0v) is 9.50. The molecule has 14 heavy (non-hydrogen) atoms. The minimum absolute atomic E-state index is 0.0127. The summed E-state index contributed by atoms with van der Waals surface area (Å²) in [4.78, 5) is 14.3. The van der Waals surface area contributed by atoms with Crippen LogP contribution < -0.4 is 5.69 Å². The maximum absolute atomic E-state index is 11.4. The fourth-order valence-corrected chi connectivity index (χ4v) is 1.42. The van der Waals surface area contributed by atoms with Gasteiger partial charge >= 0.3 is 5.69 Å². The third-order valence-electron chi connectivity index (χ3n) is 2.34. The topological polar surface area (TPSA) is 37.8 Å². The number of hydrogen-bond donors (Lipinski definition) is 1. The predicted molar refractivity (Wildman–Crippen MR) is 58.6 cm³/mol. The van der Waals surface area contributed by atoms with Gasteiger partial charge in [0.15, 0.2) is 0 Å². The molecule has 0 atom stereocenters. The second kappa shape index (κ2) is 4.49. The third-order valence-corrected chi connectivity index (χ3v) is 2.34. The van der Waals surface area contributed by atoms with Crippen LogP contribution in [0.4, 0.5) is 0 Å². The smallest absolute Gasteiger partial charge is 0.310 e. The maximum atomic E-state index is 11.4. The first-order valence-electron chi connectivity index (χ1n) is 5.30. The largest absolute Gasteiger partial charge is 0.325 e. The molecule has 0 aliphatic rings. The molecule has 0 saturated heterocycles. The molecule has 1 rings (SSSR count). The lowest BCUT2D eigenvalue weighted by atomic mass is 10.1. The molecule has 80 valence electrons. The van der Waals surface area contributed by atoms with Crippen LogP contribution in [0.1, 0.15) is 45.9 Å². The van der Waals surface area contributed by atoms with Crippen LogP contribution in [0, 0.1) is 5.92 Å². The van der Waals surface area contributed by atoms with Crippen LogP contribution in [-0.4, -0.2) is 9.55 Å². The summed E-state index contributed by atoms with van der Waals surface area (Å²) in [6, 6.07) is 0.242. The van der Waals surface area contributed by atoms with Crippen molar-refractivity contribution in [3.8, 4) is 0 Å². The van der Waals surface area contributed by atoms with E-state index in [9.17, 15) is 4.79 Å². The second-order valence-corrected chi connectivity index (χ2v) is 4.52. The minimum atomic E-state index is 0.0127. The molecule has 0 bridgehead atoms. The van der Waals surface area contributed by atoms with E-state index in [-0.39, 0.29) is 11.7 Å². The normalized spacial score (nSPS) is 11.6. The molecular weight excluding hydrogens is 176 g/mol. The number of hydrogen-bond acceptors (Lipinski definition) is 1. The van der Waals surface area contributed by atoms with E-state index in [1.54, 1.807) is 4.57 Å². The monoisotopic (exact) mass is 196 g/mol. The van der Waals surface area contributed by atoms with Gasteiger partial charge < -0.3 is 4.98 Å². The average Bonchev–Trinajstić information content (AvgIpc) is 2.43. The van der Waals surface area contributed by atoms with Crippen molar-refractivity contribution in [2.75, 3.05) is 0 Å². The van der Waals surface area contributed by atoms with Gasteiger partial charge in [0.2, 0.25) is 0 Å². The van der Waals surface area contributed by atoms with Crippen LogP contribution >= 0.6 is 0 Å². The first-order valence-corrected chi connectivity index (χ1v) is 5.30. The molecule has 0 aliphatic heterocycles. The molecule has 0 aliphatic carbocycles. The quantitative estimate of drug-likeness (QED) is 0.788. The van der Waals surface area contributed by atoms with Gasteiger partial charge in [-0.15, -0.1) is 0 Å². The Morgan fingerprint density at radius 2 is 2.00 bits per heavy atom. The van der Waals surface area contributed by atoms with E-state index < -0.39 is 0 Å². The number of aromatic amines is 1. The van der Waals surface area contributed by atoms with Crippen molar-refractivity contribution in [3.05, 3.63) is 22.4 Å². The van der Waals surface area contributed by atoms with Crippen LogP contribution in [0.2, 0.25) is 0 Å². The van der Waals surface area contributed by atoms with Crippen molar-refractivity contribution < 1.29 is 0 Å². The molecule has 0 amide bonds. The Morgan fingerprint density at radius 3 is 2.43 bits per heavy atom. The first kappa shape index (κ1) is 11.1. The van der Waals surface area contributed by atoms with Crippen LogP contribution in [0.3, 0.4) is 0 Å². The number of imidazole rings is 1. The SMILES string of the molecule is CC(C)CCc1cn(C(C)C)c(=O)[nH]1. The van der Waals surface area contributed by atoms with Gasteiger partial charge in [-0.3, -0.25) is 4.57 Å². The minimum Gasteiger partial charge on any atom is -0.310 e. The molecule has 0 aromatic carbocycles. The fourth-order valence-electron chi connectivity index (χ4n) is 1.42. The van der Waals surface area contributed by atoms with Crippen molar-refractivity contribution in [1.29, 1.82) is 0 Å². The van der Waals surface area contributed by atoms with Gasteiger partial charge in [-0.2, -0.15) is 0 Å². The van der Waals surface area contributed by atoms with E-state index in [1.165, 1.54) is 0 Å². The third kappa shape index (κ3) is 2.76. The molecule has 0 fully saturated rings.